The summed E-state index contributed by atoms with van der Waals surface area (Å²) < 4.78 is 8.35. The van der Waals surface area contributed by atoms with Crippen molar-refractivity contribution in [3.8, 4) is 5.75 Å². The Labute approximate surface area is 141 Å². The molecule has 0 spiro atoms. The number of halogens is 4. The standard InChI is InChI=1S/C12H8Br3ClN2O/c1-6-2-10(16)18-11(17-6)5-19-12-8(14)3-7(13)4-9(12)15/h2-4H,5H2,1H3. The molecule has 1 heterocycles. The zero-order valence-corrected chi connectivity index (χ0v) is 15.3. The van der Waals surface area contributed by atoms with Crippen molar-refractivity contribution < 1.29 is 4.74 Å². The highest BCUT2D eigenvalue weighted by Crippen LogP contribution is 2.36. The number of aromatic nitrogens is 2. The maximum atomic E-state index is 5.88. The summed E-state index contributed by atoms with van der Waals surface area (Å²) in [4.78, 5) is 8.38. The van der Waals surface area contributed by atoms with Crippen LogP contribution in [-0.2, 0) is 6.61 Å². The van der Waals surface area contributed by atoms with Crippen LogP contribution in [0.2, 0.25) is 5.15 Å². The number of aryl methyl sites for hydroxylation is 1. The van der Waals surface area contributed by atoms with Gasteiger partial charge in [-0.3, -0.25) is 0 Å². The Hall–Kier alpha value is -0.170. The van der Waals surface area contributed by atoms with Crippen LogP contribution in [0.4, 0.5) is 0 Å². The normalized spacial score (nSPS) is 10.6. The van der Waals surface area contributed by atoms with E-state index in [1.165, 1.54) is 0 Å². The first-order valence-electron chi connectivity index (χ1n) is 5.23. The van der Waals surface area contributed by atoms with Crippen molar-refractivity contribution in [2.24, 2.45) is 0 Å². The van der Waals surface area contributed by atoms with E-state index in [4.69, 9.17) is 16.3 Å². The molecule has 0 aliphatic heterocycles. The highest BCUT2D eigenvalue weighted by atomic mass is 79.9. The zero-order chi connectivity index (χ0) is 14.0. The SMILES string of the molecule is Cc1cc(Cl)nc(COc2c(Br)cc(Br)cc2Br)n1. The lowest BCUT2D eigenvalue weighted by Gasteiger charge is -2.10. The van der Waals surface area contributed by atoms with Gasteiger partial charge in [-0.2, -0.15) is 0 Å². The number of hydrogen-bond donors (Lipinski definition) is 0. The molecule has 19 heavy (non-hydrogen) atoms. The van der Waals surface area contributed by atoms with Gasteiger partial charge in [-0.05, 0) is 57.0 Å². The molecule has 100 valence electrons. The van der Waals surface area contributed by atoms with Gasteiger partial charge < -0.3 is 4.74 Å². The Bertz CT molecular complexity index is 579. The lowest BCUT2D eigenvalue weighted by Crippen LogP contribution is -2.03. The summed E-state index contributed by atoms with van der Waals surface area (Å²) >= 11 is 16.2. The summed E-state index contributed by atoms with van der Waals surface area (Å²) in [5.41, 5.74) is 0.813. The maximum Gasteiger partial charge on any atom is 0.167 e. The fourth-order valence-corrected chi connectivity index (χ4v) is 4.20. The van der Waals surface area contributed by atoms with Gasteiger partial charge in [0.25, 0.3) is 0 Å². The first kappa shape index (κ1) is 15.2. The van der Waals surface area contributed by atoms with Crippen LogP contribution >= 0.6 is 59.4 Å². The lowest BCUT2D eigenvalue weighted by molar-refractivity contribution is 0.291. The smallest absolute Gasteiger partial charge is 0.167 e. The number of rotatable bonds is 3. The fraction of sp³-hybridized carbons (Fsp3) is 0.167. The third-order valence-electron chi connectivity index (χ3n) is 2.18. The number of nitrogens with zero attached hydrogens (tertiary/aromatic N) is 2. The van der Waals surface area contributed by atoms with Crippen LogP contribution in [0.25, 0.3) is 0 Å². The van der Waals surface area contributed by atoms with Crippen molar-refractivity contribution in [3.05, 3.63) is 48.3 Å². The first-order valence-corrected chi connectivity index (χ1v) is 7.99. The van der Waals surface area contributed by atoms with Crippen molar-refractivity contribution in [1.29, 1.82) is 0 Å². The predicted molar refractivity (Wildman–Crippen MR) is 85.7 cm³/mol. The Morgan fingerprint density at radius 1 is 1.11 bits per heavy atom. The van der Waals surface area contributed by atoms with Gasteiger partial charge in [0, 0.05) is 10.2 Å². The van der Waals surface area contributed by atoms with Crippen molar-refractivity contribution in [2.75, 3.05) is 0 Å². The summed E-state index contributed by atoms with van der Waals surface area (Å²) in [6.07, 6.45) is 0. The van der Waals surface area contributed by atoms with Crippen LogP contribution in [0.3, 0.4) is 0 Å². The molecule has 0 bridgehead atoms. The quantitative estimate of drug-likeness (QED) is 0.570. The Morgan fingerprint density at radius 2 is 1.74 bits per heavy atom. The van der Waals surface area contributed by atoms with E-state index >= 15 is 0 Å². The van der Waals surface area contributed by atoms with Gasteiger partial charge in [0.15, 0.2) is 5.82 Å². The molecular formula is C12H8Br3ClN2O. The molecule has 0 unspecified atom stereocenters. The molecule has 0 saturated carbocycles. The number of benzene rings is 1. The summed E-state index contributed by atoms with van der Waals surface area (Å²) in [5, 5.41) is 0.417. The van der Waals surface area contributed by atoms with Crippen molar-refractivity contribution in [3.63, 3.8) is 0 Å². The van der Waals surface area contributed by atoms with E-state index in [-0.39, 0.29) is 6.61 Å². The number of ether oxygens (including phenoxy) is 1. The molecule has 1 aromatic heterocycles. The molecule has 0 N–H and O–H groups in total. The minimum atomic E-state index is 0.250. The zero-order valence-electron chi connectivity index (χ0n) is 9.75. The third-order valence-corrected chi connectivity index (χ3v) is 4.01. The van der Waals surface area contributed by atoms with E-state index in [1.807, 2.05) is 19.1 Å². The molecule has 7 heteroatoms. The van der Waals surface area contributed by atoms with Crippen LogP contribution in [0.5, 0.6) is 5.75 Å². The largest absolute Gasteiger partial charge is 0.483 e. The van der Waals surface area contributed by atoms with Crippen LogP contribution in [0.15, 0.2) is 31.6 Å². The molecule has 0 aliphatic rings. The average Bonchev–Trinajstić information content (AvgIpc) is 2.25. The van der Waals surface area contributed by atoms with Crippen LogP contribution in [0, 0.1) is 6.92 Å². The highest BCUT2D eigenvalue weighted by molar-refractivity contribution is 9.11. The van der Waals surface area contributed by atoms with E-state index in [1.54, 1.807) is 6.07 Å². The van der Waals surface area contributed by atoms with Crippen molar-refractivity contribution in [2.45, 2.75) is 13.5 Å². The van der Waals surface area contributed by atoms with Crippen molar-refractivity contribution >= 4 is 59.4 Å². The van der Waals surface area contributed by atoms with Crippen molar-refractivity contribution in [1.82, 2.24) is 9.97 Å². The van der Waals surface area contributed by atoms with E-state index in [0.717, 1.165) is 19.1 Å². The summed E-state index contributed by atoms with van der Waals surface area (Å²) in [6, 6.07) is 5.52. The maximum absolute atomic E-state index is 5.88. The van der Waals surface area contributed by atoms with Gasteiger partial charge >= 0.3 is 0 Å². The second-order valence-corrected chi connectivity index (χ2v) is 6.75. The fourth-order valence-electron chi connectivity index (χ4n) is 1.46. The molecule has 0 amide bonds. The van der Waals surface area contributed by atoms with Gasteiger partial charge in [-0.1, -0.05) is 27.5 Å². The second kappa shape index (κ2) is 6.52. The molecule has 0 aliphatic carbocycles. The van der Waals surface area contributed by atoms with E-state index in [2.05, 4.69) is 57.8 Å². The van der Waals surface area contributed by atoms with Gasteiger partial charge in [-0.15, -0.1) is 0 Å². The summed E-state index contributed by atoms with van der Waals surface area (Å²) in [5.74, 6) is 1.25. The monoisotopic (exact) mass is 468 g/mol. The molecule has 2 aromatic rings. The second-order valence-electron chi connectivity index (χ2n) is 3.74. The van der Waals surface area contributed by atoms with E-state index in [0.29, 0.717) is 16.7 Å². The van der Waals surface area contributed by atoms with E-state index < -0.39 is 0 Å². The van der Waals surface area contributed by atoms with Crippen LogP contribution in [-0.4, -0.2) is 9.97 Å². The molecular weight excluding hydrogens is 463 g/mol. The molecule has 0 radical (unpaired) electrons. The minimum Gasteiger partial charge on any atom is -0.483 e. The topological polar surface area (TPSA) is 35.0 Å². The third kappa shape index (κ3) is 4.15. The van der Waals surface area contributed by atoms with Crippen LogP contribution in [0.1, 0.15) is 11.5 Å². The van der Waals surface area contributed by atoms with Gasteiger partial charge in [-0.25, -0.2) is 9.97 Å². The Balaban J connectivity index is 2.19. The van der Waals surface area contributed by atoms with E-state index in [9.17, 15) is 0 Å². The minimum absolute atomic E-state index is 0.250. The van der Waals surface area contributed by atoms with Gasteiger partial charge in [0.05, 0.1) is 8.95 Å². The van der Waals surface area contributed by atoms with Gasteiger partial charge in [0.1, 0.15) is 17.5 Å². The Kier molecular flexibility index (Phi) is 5.22. The van der Waals surface area contributed by atoms with Gasteiger partial charge in [0.2, 0.25) is 0 Å². The molecule has 0 saturated heterocycles. The predicted octanol–water partition coefficient (Wildman–Crippen LogP) is 5.30. The average molecular weight is 471 g/mol. The first-order chi connectivity index (χ1) is 8.95. The molecule has 3 nitrogen and oxygen atoms in total. The Morgan fingerprint density at radius 3 is 2.32 bits per heavy atom. The highest BCUT2D eigenvalue weighted by Gasteiger charge is 2.10. The molecule has 2 rings (SSSR count). The summed E-state index contributed by atoms with van der Waals surface area (Å²) in [6.45, 7) is 2.11. The lowest BCUT2D eigenvalue weighted by atomic mass is 10.3. The molecule has 0 atom stereocenters. The molecule has 0 fully saturated rings. The molecule has 1 aromatic carbocycles. The summed E-state index contributed by atoms with van der Waals surface area (Å²) in [7, 11) is 0. The van der Waals surface area contributed by atoms with Crippen LogP contribution < -0.4 is 4.74 Å². The number of hydrogen-bond acceptors (Lipinski definition) is 3.